The fourth-order valence-electron chi connectivity index (χ4n) is 1.34. The van der Waals surface area contributed by atoms with Crippen molar-refractivity contribution in [1.82, 2.24) is 14.8 Å². The quantitative estimate of drug-likeness (QED) is 0.798. The van der Waals surface area contributed by atoms with Crippen molar-refractivity contribution in [2.75, 3.05) is 0 Å². The smallest absolute Gasteiger partial charge is 0.374 e. The number of hydrogen-bond acceptors (Lipinski definition) is 3. The van der Waals surface area contributed by atoms with E-state index in [9.17, 15) is 4.79 Å². The second kappa shape index (κ2) is 3.53. The van der Waals surface area contributed by atoms with Crippen LogP contribution < -0.4 is 0 Å². The molecular weight excluding hydrogens is 194 g/mol. The Hall–Kier alpha value is -2.17. The topological polar surface area (TPSA) is 68.0 Å². The molecule has 0 saturated carbocycles. The predicted molar refractivity (Wildman–Crippen MR) is 53.1 cm³/mol. The molecule has 0 aliphatic rings. The summed E-state index contributed by atoms with van der Waals surface area (Å²) < 4.78 is 1.30. The van der Waals surface area contributed by atoms with E-state index in [-0.39, 0.29) is 5.82 Å². The van der Waals surface area contributed by atoms with Crippen molar-refractivity contribution < 1.29 is 9.90 Å². The predicted octanol–water partition coefficient (Wildman–Crippen LogP) is 1.27. The molecule has 1 aromatic carbocycles. The highest BCUT2D eigenvalue weighted by molar-refractivity contribution is 5.83. The first-order valence-electron chi connectivity index (χ1n) is 4.39. The molecule has 2 rings (SSSR count). The standard InChI is InChI=1S/C10H9N3O2/c1-7-3-2-4-8(5-7)13-9(10(14)15)11-6-12-13/h2-6H,1H3,(H,14,15). The third-order valence-corrected chi connectivity index (χ3v) is 1.99. The summed E-state index contributed by atoms with van der Waals surface area (Å²) in [5, 5.41) is 12.7. The first-order chi connectivity index (χ1) is 7.18. The molecule has 0 aliphatic heterocycles. The summed E-state index contributed by atoms with van der Waals surface area (Å²) in [7, 11) is 0. The van der Waals surface area contributed by atoms with Crippen LogP contribution in [0.2, 0.25) is 0 Å². The van der Waals surface area contributed by atoms with Gasteiger partial charge in [-0.15, -0.1) is 0 Å². The highest BCUT2D eigenvalue weighted by Gasteiger charge is 2.13. The Morgan fingerprint density at radius 2 is 2.27 bits per heavy atom. The van der Waals surface area contributed by atoms with Gasteiger partial charge < -0.3 is 5.11 Å². The lowest BCUT2D eigenvalue weighted by molar-refractivity contribution is 0.0680. The van der Waals surface area contributed by atoms with Crippen LogP contribution in [-0.4, -0.2) is 25.8 Å². The zero-order valence-electron chi connectivity index (χ0n) is 8.08. The molecule has 0 unspecified atom stereocenters. The first kappa shape index (κ1) is 9.39. The minimum absolute atomic E-state index is 0.0828. The Balaban J connectivity index is 2.54. The van der Waals surface area contributed by atoms with Gasteiger partial charge in [0.1, 0.15) is 6.33 Å². The molecule has 1 N–H and O–H groups in total. The van der Waals surface area contributed by atoms with E-state index in [1.807, 2.05) is 25.1 Å². The lowest BCUT2D eigenvalue weighted by atomic mass is 10.2. The van der Waals surface area contributed by atoms with Crippen LogP contribution in [0.5, 0.6) is 0 Å². The minimum atomic E-state index is -1.09. The fraction of sp³-hybridized carbons (Fsp3) is 0.100. The van der Waals surface area contributed by atoms with E-state index in [0.717, 1.165) is 5.56 Å². The number of carboxylic acids is 1. The molecule has 15 heavy (non-hydrogen) atoms. The first-order valence-corrected chi connectivity index (χ1v) is 4.39. The molecule has 0 radical (unpaired) electrons. The van der Waals surface area contributed by atoms with Gasteiger partial charge >= 0.3 is 5.97 Å². The summed E-state index contributed by atoms with van der Waals surface area (Å²) in [6.45, 7) is 1.93. The molecule has 0 aliphatic carbocycles. The number of benzene rings is 1. The maximum Gasteiger partial charge on any atom is 0.374 e. The zero-order chi connectivity index (χ0) is 10.8. The van der Waals surface area contributed by atoms with Gasteiger partial charge in [-0.05, 0) is 24.6 Å². The Kier molecular flexibility index (Phi) is 2.21. The summed E-state index contributed by atoms with van der Waals surface area (Å²) in [5.74, 6) is -1.17. The van der Waals surface area contributed by atoms with Crippen LogP contribution >= 0.6 is 0 Å². The van der Waals surface area contributed by atoms with Crippen molar-refractivity contribution in [2.45, 2.75) is 6.92 Å². The molecule has 1 aromatic heterocycles. The van der Waals surface area contributed by atoms with Crippen molar-refractivity contribution >= 4 is 5.97 Å². The molecule has 0 fully saturated rings. The molecular formula is C10H9N3O2. The van der Waals surface area contributed by atoms with Crippen molar-refractivity contribution in [3.63, 3.8) is 0 Å². The van der Waals surface area contributed by atoms with Crippen molar-refractivity contribution in [3.05, 3.63) is 42.0 Å². The monoisotopic (exact) mass is 203 g/mol. The molecule has 2 aromatic rings. The van der Waals surface area contributed by atoms with Crippen molar-refractivity contribution in [3.8, 4) is 5.69 Å². The van der Waals surface area contributed by atoms with Gasteiger partial charge in [-0.3, -0.25) is 0 Å². The largest absolute Gasteiger partial charge is 0.475 e. The molecule has 0 atom stereocenters. The van der Waals surface area contributed by atoms with E-state index in [0.29, 0.717) is 5.69 Å². The maximum atomic E-state index is 10.8. The second-order valence-electron chi connectivity index (χ2n) is 3.14. The number of carboxylic acid groups (broad SMARTS) is 1. The van der Waals surface area contributed by atoms with E-state index >= 15 is 0 Å². The zero-order valence-corrected chi connectivity index (χ0v) is 8.08. The summed E-state index contributed by atoms with van der Waals surface area (Å²) in [6, 6.07) is 7.41. The maximum absolute atomic E-state index is 10.8. The molecule has 0 bridgehead atoms. The minimum Gasteiger partial charge on any atom is -0.475 e. The number of aromatic nitrogens is 3. The number of nitrogens with zero attached hydrogens (tertiary/aromatic N) is 3. The van der Waals surface area contributed by atoms with Gasteiger partial charge in [0, 0.05) is 0 Å². The SMILES string of the molecule is Cc1cccc(-n2ncnc2C(=O)O)c1. The Morgan fingerprint density at radius 3 is 2.93 bits per heavy atom. The molecule has 0 saturated heterocycles. The number of rotatable bonds is 2. The van der Waals surface area contributed by atoms with Crippen LogP contribution in [0.25, 0.3) is 5.69 Å². The van der Waals surface area contributed by atoms with Crippen LogP contribution in [0.15, 0.2) is 30.6 Å². The molecule has 5 nitrogen and oxygen atoms in total. The van der Waals surface area contributed by atoms with Gasteiger partial charge in [0.2, 0.25) is 5.82 Å². The van der Waals surface area contributed by atoms with Gasteiger partial charge in [-0.1, -0.05) is 12.1 Å². The van der Waals surface area contributed by atoms with E-state index in [1.54, 1.807) is 6.07 Å². The fourth-order valence-corrected chi connectivity index (χ4v) is 1.34. The van der Waals surface area contributed by atoms with E-state index in [1.165, 1.54) is 11.0 Å². The summed E-state index contributed by atoms with van der Waals surface area (Å²) >= 11 is 0. The number of carbonyl (C=O) groups is 1. The normalized spacial score (nSPS) is 10.2. The van der Waals surface area contributed by atoms with Gasteiger partial charge in [0.25, 0.3) is 0 Å². The van der Waals surface area contributed by atoms with Gasteiger partial charge in [0.15, 0.2) is 0 Å². The molecule has 5 heteroatoms. The molecule has 0 spiro atoms. The Labute approximate surface area is 86.0 Å². The molecule has 1 heterocycles. The van der Waals surface area contributed by atoms with Crippen molar-refractivity contribution in [2.24, 2.45) is 0 Å². The van der Waals surface area contributed by atoms with Crippen molar-refractivity contribution in [1.29, 1.82) is 0 Å². The van der Waals surface area contributed by atoms with E-state index < -0.39 is 5.97 Å². The highest BCUT2D eigenvalue weighted by Crippen LogP contribution is 2.10. The molecule has 76 valence electrons. The molecule has 0 amide bonds. The summed E-state index contributed by atoms with van der Waals surface area (Å²) in [4.78, 5) is 14.5. The summed E-state index contributed by atoms with van der Waals surface area (Å²) in [5.41, 5.74) is 1.74. The average Bonchev–Trinajstić information content (AvgIpc) is 2.65. The summed E-state index contributed by atoms with van der Waals surface area (Å²) in [6.07, 6.45) is 1.23. The Bertz CT molecular complexity index is 505. The van der Waals surface area contributed by atoms with Gasteiger partial charge in [-0.25, -0.2) is 14.5 Å². The van der Waals surface area contributed by atoms with Crippen LogP contribution in [0, 0.1) is 6.92 Å². The third kappa shape index (κ3) is 1.71. The average molecular weight is 203 g/mol. The number of aryl methyl sites for hydroxylation is 1. The van der Waals surface area contributed by atoms with Crippen LogP contribution in [0.3, 0.4) is 0 Å². The third-order valence-electron chi connectivity index (χ3n) is 1.99. The van der Waals surface area contributed by atoms with Crippen LogP contribution in [0.4, 0.5) is 0 Å². The number of aromatic carboxylic acids is 1. The van der Waals surface area contributed by atoms with Crippen LogP contribution in [-0.2, 0) is 0 Å². The lowest BCUT2D eigenvalue weighted by Gasteiger charge is -2.03. The van der Waals surface area contributed by atoms with E-state index in [4.69, 9.17) is 5.11 Å². The van der Waals surface area contributed by atoms with Gasteiger partial charge in [0.05, 0.1) is 5.69 Å². The van der Waals surface area contributed by atoms with E-state index in [2.05, 4.69) is 10.1 Å². The number of hydrogen-bond donors (Lipinski definition) is 1. The Morgan fingerprint density at radius 1 is 1.47 bits per heavy atom. The highest BCUT2D eigenvalue weighted by atomic mass is 16.4. The van der Waals surface area contributed by atoms with Gasteiger partial charge in [-0.2, -0.15) is 5.10 Å². The second-order valence-corrected chi connectivity index (χ2v) is 3.14. The van der Waals surface area contributed by atoms with Crippen LogP contribution in [0.1, 0.15) is 16.2 Å². The lowest BCUT2D eigenvalue weighted by Crippen LogP contribution is -2.09.